The molecule has 0 unspecified atom stereocenters. The van der Waals surface area contributed by atoms with Crippen LogP contribution >= 0.6 is 0 Å². The van der Waals surface area contributed by atoms with Crippen molar-refractivity contribution in [1.29, 1.82) is 0 Å². The average Bonchev–Trinajstić information content (AvgIpc) is 2.20. The van der Waals surface area contributed by atoms with Crippen LogP contribution in [0.5, 0.6) is 5.75 Å². The topological polar surface area (TPSA) is 50.2 Å². The van der Waals surface area contributed by atoms with E-state index < -0.39 is 0 Å². The SMILES string of the molecule is Cc1c(C=O)cnc2ccc(O)cc12. The van der Waals surface area contributed by atoms with E-state index in [2.05, 4.69) is 4.98 Å². The van der Waals surface area contributed by atoms with E-state index in [9.17, 15) is 9.90 Å². The molecule has 2 rings (SSSR count). The molecule has 0 saturated carbocycles. The van der Waals surface area contributed by atoms with Crippen LogP contribution in [-0.2, 0) is 0 Å². The number of pyridine rings is 1. The van der Waals surface area contributed by atoms with E-state index in [4.69, 9.17) is 0 Å². The Morgan fingerprint density at radius 1 is 1.43 bits per heavy atom. The van der Waals surface area contributed by atoms with Gasteiger partial charge in [-0.1, -0.05) is 0 Å². The van der Waals surface area contributed by atoms with Crippen LogP contribution in [0.1, 0.15) is 15.9 Å². The summed E-state index contributed by atoms with van der Waals surface area (Å²) in [6, 6.07) is 4.92. The number of phenols is 1. The van der Waals surface area contributed by atoms with Gasteiger partial charge >= 0.3 is 0 Å². The lowest BCUT2D eigenvalue weighted by Crippen LogP contribution is -1.90. The van der Waals surface area contributed by atoms with E-state index in [1.807, 2.05) is 6.92 Å². The molecular weight excluding hydrogens is 178 g/mol. The molecule has 0 spiro atoms. The van der Waals surface area contributed by atoms with Gasteiger partial charge in [0.1, 0.15) is 5.75 Å². The van der Waals surface area contributed by atoms with Gasteiger partial charge in [-0.2, -0.15) is 0 Å². The zero-order valence-corrected chi connectivity index (χ0v) is 7.69. The molecule has 0 atom stereocenters. The maximum atomic E-state index is 10.7. The number of aldehydes is 1. The molecular formula is C11H9NO2. The molecule has 3 nitrogen and oxygen atoms in total. The molecule has 1 aromatic carbocycles. The molecule has 70 valence electrons. The van der Waals surface area contributed by atoms with Crippen molar-refractivity contribution in [2.75, 3.05) is 0 Å². The van der Waals surface area contributed by atoms with Crippen LogP contribution in [0.4, 0.5) is 0 Å². The molecule has 0 amide bonds. The molecule has 3 heteroatoms. The lowest BCUT2D eigenvalue weighted by atomic mass is 10.1. The summed E-state index contributed by atoms with van der Waals surface area (Å²) in [6.45, 7) is 1.84. The normalized spacial score (nSPS) is 10.4. The molecule has 14 heavy (non-hydrogen) atoms. The Morgan fingerprint density at radius 3 is 2.93 bits per heavy atom. The Balaban J connectivity index is 2.86. The third-order valence-electron chi connectivity index (χ3n) is 2.29. The first-order valence-corrected chi connectivity index (χ1v) is 4.26. The zero-order valence-electron chi connectivity index (χ0n) is 7.69. The van der Waals surface area contributed by atoms with Gasteiger partial charge in [-0.05, 0) is 30.7 Å². The fourth-order valence-corrected chi connectivity index (χ4v) is 1.45. The number of hydrogen-bond acceptors (Lipinski definition) is 3. The van der Waals surface area contributed by atoms with Crippen LogP contribution in [0.25, 0.3) is 10.9 Å². The third kappa shape index (κ3) is 1.23. The van der Waals surface area contributed by atoms with Crippen molar-refractivity contribution in [1.82, 2.24) is 4.98 Å². The summed E-state index contributed by atoms with van der Waals surface area (Å²) in [4.78, 5) is 14.8. The van der Waals surface area contributed by atoms with E-state index in [0.717, 1.165) is 22.8 Å². The number of aryl methyl sites for hydroxylation is 1. The van der Waals surface area contributed by atoms with Crippen molar-refractivity contribution in [3.8, 4) is 5.75 Å². The minimum absolute atomic E-state index is 0.186. The lowest BCUT2D eigenvalue weighted by Gasteiger charge is -2.03. The van der Waals surface area contributed by atoms with Gasteiger partial charge in [0.2, 0.25) is 0 Å². The highest BCUT2D eigenvalue weighted by Crippen LogP contribution is 2.22. The van der Waals surface area contributed by atoms with E-state index in [0.29, 0.717) is 5.56 Å². The Labute approximate surface area is 81.0 Å². The van der Waals surface area contributed by atoms with Crippen LogP contribution in [0.3, 0.4) is 0 Å². The van der Waals surface area contributed by atoms with Crippen LogP contribution in [0.2, 0.25) is 0 Å². The van der Waals surface area contributed by atoms with Crippen molar-refractivity contribution in [2.45, 2.75) is 6.92 Å². The molecule has 0 saturated heterocycles. The van der Waals surface area contributed by atoms with E-state index in [1.54, 1.807) is 24.4 Å². The molecule has 0 bridgehead atoms. The minimum atomic E-state index is 0.186. The number of aromatic nitrogens is 1. The number of phenolic OH excluding ortho intramolecular Hbond substituents is 1. The number of rotatable bonds is 1. The molecule has 1 N–H and O–H groups in total. The summed E-state index contributed by atoms with van der Waals surface area (Å²) in [6.07, 6.45) is 2.31. The first kappa shape index (κ1) is 8.69. The maximum absolute atomic E-state index is 10.7. The van der Waals surface area contributed by atoms with Crippen LogP contribution < -0.4 is 0 Å². The molecule has 0 fully saturated rings. The van der Waals surface area contributed by atoms with Crippen LogP contribution in [0, 0.1) is 6.92 Å². The molecule has 0 aliphatic carbocycles. The van der Waals surface area contributed by atoms with Gasteiger partial charge in [0.25, 0.3) is 0 Å². The fourth-order valence-electron chi connectivity index (χ4n) is 1.45. The summed E-state index contributed by atoms with van der Waals surface area (Å²) < 4.78 is 0. The van der Waals surface area contributed by atoms with Crippen molar-refractivity contribution in [3.05, 3.63) is 35.5 Å². The van der Waals surface area contributed by atoms with Gasteiger partial charge < -0.3 is 5.11 Å². The van der Waals surface area contributed by atoms with Crippen molar-refractivity contribution >= 4 is 17.2 Å². The van der Waals surface area contributed by atoms with Gasteiger partial charge in [0.05, 0.1) is 5.52 Å². The summed E-state index contributed by atoms with van der Waals surface area (Å²) in [5, 5.41) is 10.1. The smallest absolute Gasteiger partial charge is 0.151 e. The molecule has 0 aliphatic rings. The second-order valence-electron chi connectivity index (χ2n) is 3.16. The average molecular weight is 187 g/mol. The number of nitrogens with zero attached hydrogens (tertiary/aromatic N) is 1. The second-order valence-corrected chi connectivity index (χ2v) is 3.16. The highest BCUT2D eigenvalue weighted by atomic mass is 16.3. The maximum Gasteiger partial charge on any atom is 0.151 e. The Bertz CT molecular complexity index is 506. The number of aromatic hydroxyl groups is 1. The molecule has 2 aromatic rings. The molecule has 0 aliphatic heterocycles. The largest absolute Gasteiger partial charge is 0.508 e. The number of carbonyl (C=O) groups excluding carboxylic acids is 1. The van der Waals surface area contributed by atoms with Crippen LogP contribution in [-0.4, -0.2) is 16.4 Å². The van der Waals surface area contributed by atoms with Gasteiger partial charge in [-0.3, -0.25) is 9.78 Å². The number of carbonyl (C=O) groups is 1. The molecule has 1 heterocycles. The Kier molecular flexibility index (Phi) is 1.93. The lowest BCUT2D eigenvalue weighted by molar-refractivity contribution is 0.112. The van der Waals surface area contributed by atoms with Crippen molar-refractivity contribution in [2.24, 2.45) is 0 Å². The second kappa shape index (κ2) is 3.10. The van der Waals surface area contributed by atoms with Crippen LogP contribution in [0.15, 0.2) is 24.4 Å². The standard InChI is InChI=1S/C11H9NO2/c1-7-8(6-13)5-12-11-3-2-9(14)4-10(7)11/h2-6,14H,1H3. The van der Waals surface area contributed by atoms with E-state index in [1.165, 1.54) is 0 Å². The summed E-state index contributed by atoms with van der Waals surface area (Å²) in [7, 11) is 0. The van der Waals surface area contributed by atoms with Gasteiger partial charge in [0.15, 0.2) is 6.29 Å². The number of benzene rings is 1. The van der Waals surface area contributed by atoms with Gasteiger partial charge in [0, 0.05) is 17.1 Å². The highest BCUT2D eigenvalue weighted by Gasteiger charge is 2.04. The summed E-state index contributed by atoms with van der Waals surface area (Å²) in [5.41, 5.74) is 2.19. The summed E-state index contributed by atoms with van der Waals surface area (Å²) in [5.74, 6) is 0.186. The first-order chi connectivity index (χ1) is 6.72. The fraction of sp³-hybridized carbons (Fsp3) is 0.0909. The molecule has 1 aromatic heterocycles. The van der Waals surface area contributed by atoms with Gasteiger partial charge in [-0.15, -0.1) is 0 Å². The zero-order chi connectivity index (χ0) is 10.1. The van der Waals surface area contributed by atoms with E-state index >= 15 is 0 Å². The Hall–Kier alpha value is -1.90. The minimum Gasteiger partial charge on any atom is -0.508 e. The predicted molar refractivity (Wildman–Crippen MR) is 53.5 cm³/mol. The Morgan fingerprint density at radius 2 is 2.21 bits per heavy atom. The summed E-state index contributed by atoms with van der Waals surface area (Å²) >= 11 is 0. The monoisotopic (exact) mass is 187 g/mol. The van der Waals surface area contributed by atoms with E-state index in [-0.39, 0.29) is 5.75 Å². The van der Waals surface area contributed by atoms with Crippen molar-refractivity contribution in [3.63, 3.8) is 0 Å². The quantitative estimate of drug-likeness (QED) is 0.695. The highest BCUT2D eigenvalue weighted by molar-refractivity contribution is 5.90. The third-order valence-corrected chi connectivity index (χ3v) is 2.29. The number of fused-ring (bicyclic) bond motifs is 1. The first-order valence-electron chi connectivity index (χ1n) is 4.26. The number of hydrogen-bond donors (Lipinski definition) is 1. The van der Waals surface area contributed by atoms with Gasteiger partial charge in [-0.25, -0.2) is 0 Å². The predicted octanol–water partition coefficient (Wildman–Crippen LogP) is 2.06. The van der Waals surface area contributed by atoms with Crippen molar-refractivity contribution < 1.29 is 9.90 Å². The molecule has 0 radical (unpaired) electrons.